The number of hydrogen-bond donors (Lipinski definition) is 1. The van der Waals surface area contributed by atoms with Gasteiger partial charge in [-0.15, -0.1) is 0 Å². The summed E-state index contributed by atoms with van der Waals surface area (Å²) >= 11 is 0. The van der Waals surface area contributed by atoms with Crippen LogP contribution >= 0.6 is 0 Å². The molecule has 3 aromatic rings. The van der Waals surface area contributed by atoms with Gasteiger partial charge in [-0.3, -0.25) is 13.9 Å². The first-order valence-corrected chi connectivity index (χ1v) is 9.71. The molecule has 2 aromatic carbocycles. The number of para-hydroxylation sites is 2. The van der Waals surface area contributed by atoms with E-state index in [-0.39, 0.29) is 10.6 Å². The van der Waals surface area contributed by atoms with Gasteiger partial charge in [0.15, 0.2) is 9.84 Å². The zero-order valence-electron chi connectivity index (χ0n) is 15.1. The average Bonchev–Trinajstić information content (AvgIpc) is 2.85. The molecular weight excluding hydrogens is 370 g/mol. The number of aromatic nitrogens is 2. The van der Waals surface area contributed by atoms with Crippen molar-refractivity contribution in [3.63, 3.8) is 0 Å². The van der Waals surface area contributed by atoms with Crippen LogP contribution in [0.25, 0.3) is 11.0 Å². The molecule has 0 unspecified atom stereocenters. The van der Waals surface area contributed by atoms with E-state index in [1.54, 1.807) is 44.4 Å². The molecule has 0 bridgehead atoms. The number of carbonyl (C=O) groups excluding carboxylic acids is 1. The summed E-state index contributed by atoms with van der Waals surface area (Å²) in [6.45, 7) is 0. The molecule has 3 rings (SSSR count). The number of benzene rings is 2. The second-order valence-corrected chi connectivity index (χ2v) is 8.05. The number of fused-ring (bicyclic) bond motifs is 1. The zero-order chi connectivity index (χ0) is 19.8. The maximum absolute atomic E-state index is 12.6. The number of methoxy groups -OCH3 is 1. The van der Waals surface area contributed by atoms with E-state index in [9.17, 15) is 18.0 Å². The molecule has 8 nitrogen and oxygen atoms in total. The highest BCUT2D eigenvalue weighted by Crippen LogP contribution is 2.24. The van der Waals surface area contributed by atoms with Crippen LogP contribution in [0.2, 0.25) is 0 Å². The predicted molar refractivity (Wildman–Crippen MR) is 102 cm³/mol. The minimum atomic E-state index is -3.89. The van der Waals surface area contributed by atoms with E-state index in [0.717, 1.165) is 0 Å². The Morgan fingerprint density at radius 3 is 2.44 bits per heavy atom. The molecule has 0 saturated carbocycles. The lowest BCUT2D eigenvalue weighted by molar-refractivity contribution is -0.113. The van der Waals surface area contributed by atoms with Crippen molar-refractivity contribution in [1.82, 2.24) is 9.13 Å². The maximum Gasteiger partial charge on any atom is 0.328 e. The topological polar surface area (TPSA) is 99.4 Å². The van der Waals surface area contributed by atoms with E-state index in [1.165, 1.54) is 28.4 Å². The van der Waals surface area contributed by atoms with Crippen molar-refractivity contribution in [2.75, 3.05) is 18.2 Å². The molecule has 0 aliphatic heterocycles. The second-order valence-electron chi connectivity index (χ2n) is 6.06. The second kappa shape index (κ2) is 6.92. The van der Waals surface area contributed by atoms with Crippen molar-refractivity contribution < 1.29 is 17.9 Å². The lowest BCUT2D eigenvalue weighted by Crippen LogP contribution is -2.23. The number of aryl methyl sites for hydroxylation is 2. The Kier molecular flexibility index (Phi) is 4.79. The molecule has 1 amide bonds. The van der Waals surface area contributed by atoms with Gasteiger partial charge in [0.1, 0.15) is 11.5 Å². The first kappa shape index (κ1) is 18.7. The fourth-order valence-electron chi connectivity index (χ4n) is 2.87. The first-order valence-electron chi connectivity index (χ1n) is 8.05. The minimum absolute atomic E-state index is 0.0219. The summed E-state index contributed by atoms with van der Waals surface area (Å²) in [7, 11) is 0.747. The van der Waals surface area contributed by atoms with Crippen molar-refractivity contribution in [3.8, 4) is 5.75 Å². The SMILES string of the molecule is COc1ccccc1NC(=O)CS(=O)(=O)c1ccc2c(c1)n(C)c(=O)n2C. The zero-order valence-corrected chi connectivity index (χ0v) is 15.9. The summed E-state index contributed by atoms with van der Waals surface area (Å²) in [5, 5.41) is 2.55. The van der Waals surface area contributed by atoms with Gasteiger partial charge >= 0.3 is 5.69 Å². The van der Waals surface area contributed by atoms with Crippen LogP contribution in [0.1, 0.15) is 0 Å². The lowest BCUT2D eigenvalue weighted by atomic mass is 10.3. The largest absolute Gasteiger partial charge is 0.495 e. The average molecular weight is 389 g/mol. The quantitative estimate of drug-likeness (QED) is 0.709. The van der Waals surface area contributed by atoms with Crippen molar-refractivity contribution in [1.29, 1.82) is 0 Å². The monoisotopic (exact) mass is 389 g/mol. The van der Waals surface area contributed by atoms with Crippen molar-refractivity contribution in [2.45, 2.75) is 4.90 Å². The molecule has 0 radical (unpaired) electrons. The number of carbonyl (C=O) groups is 1. The molecule has 1 heterocycles. The third kappa shape index (κ3) is 3.45. The number of anilines is 1. The van der Waals surface area contributed by atoms with Gasteiger partial charge in [0.25, 0.3) is 0 Å². The van der Waals surface area contributed by atoms with E-state index in [4.69, 9.17) is 4.74 Å². The third-order valence-corrected chi connectivity index (χ3v) is 5.92. The van der Waals surface area contributed by atoms with Crippen LogP contribution in [0, 0.1) is 0 Å². The van der Waals surface area contributed by atoms with Gasteiger partial charge in [-0.1, -0.05) is 12.1 Å². The Morgan fingerprint density at radius 1 is 1.07 bits per heavy atom. The number of nitrogens with one attached hydrogen (secondary N) is 1. The highest BCUT2D eigenvalue weighted by atomic mass is 32.2. The Hall–Kier alpha value is -3.07. The molecule has 0 saturated heterocycles. The van der Waals surface area contributed by atoms with Crippen LogP contribution in [-0.4, -0.2) is 36.3 Å². The van der Waals surface area contributed by atoms with Gasteiger partial charge in [0.2, 0.25) is 5.91 Å². The maximum atomic E-state index is 12.6. The van der Waals surface area contributed by atoms with Gasteiger partial charge in [-0.2, -0.15) is 0 Å². The van der Waals surface area contributed by atoms with E-state index in [0.29, 0.717) is 22.5 Å². The number of amides is 1. The normalized spacial score (nSPS) is 11.5. The standard InChI is InChI=1S/C18H19N3O5S/c1-20-14-9-8-12(10-15(14)21(2)18(20)23)27(24,25)11-17(22)19-13-6-4-5-7-16(13)26-3/h4-10H,11H2,1-3H3,(H,19,22). The highest BCUT2D eigenvalue weighted by molar-refractivity contribution is 7.92. The van der Waals surface area contributed by atoms with Crippen LogP contribution in [0.4, 0.5) is 5.69 Å². The van der Waals surface area contributed by atoms with E-state index < -0.39 is 21.5 Å². The smallest absolute Gasteiger partial charge is 0.328 e. The Bertz CT molecular complexity index is 1190. The molecule has 0 atom stereocenters. The Labute approximate surface area is 155 Å². The van der Waals surface area contributed by atoms with Crippen LogP contribution in [0.5, 0.6) is 5.75 Å². The van der Waals surface area contributed by atoms with E-state index >= 15 is 0 Å². The first-order chi connectivity index (χ1) is 12.7. The van der Waals surface area contributed by atoms with Gasteiger partial charge in [0.05, 0.1) is 28.7 Å². The molecule has 0 aliphatic carbocycles. The summed E-state index contributed by atoms with van der Waals surface area (Å²) in [6.07, 6.45) is 0. The summed E-state index contributed by atoms with van der Waals surface area (Å²) in [5.74, 6) is -0.970. The van der Waals surface area contributed by atoms with Crippen LogP contribution < -0.4 is 15.7 Å². The summed E-state index contributed by atoms with van der Waals surface area (Å²) in [4.78, 5) is 24.2. The predicted octanol–water partition coefficient (Wildman–Crippen LogP) is 1.30. The molecule has 27 heavy (non-hydrogen) atoms. The number of nitrogens with zero attached hydrogens (tertiary/aromatic N) is 2. The number of ether oxygens (including phenoxy) is 1. The molecule has 1 aromatic heterocycles. The number of imidazole rings is 1. The van der Waals surface area contributed by atoms with Crippen molar-refractivity contribution >= 4 is 32.5 Å². The van der Waals surface area contributed by atoms with E-state index in [1.807, 2.05) is 0 Å². The molecule has 0 aliphatic rings. The fraction of sp³-hybridized carbons (Fsp3) is 0.222. The molecule has 9 heteroatoms. The molecule has 1 N–H and O–H groups in total. The van der Waals surface area contributed by atoms with Crippen molar-refractivity contribution in [2.24, 2.45) is 14.1 Å². The van der Waals surface area contributed by atoms with Gasteiger partial charge < -0.3 is 10.1 Å². The van der Waals surface area contributed by atoms with Gasteiger partial charge in [-0.25, -0.2) is 13.2 Å². The Balaban J connectivity index is 1.88. The third-order valence-electron chi connectivity index (χ3n) is 4.30. The van der Waals surface area contributed by atoms with Crippen LogP contribution in [0.3, 0.4) is 0 Å². The number of sulfone groups is 1. The van der Waals surface area contributed by atoms with Crippen LogP contribution in [-0.2, 0) is 28.7 Å². The van der Waals surface area contributed by atoms with Crippen LogP contribution in [0.15, 0.2) is 52.2 Å². The summed E-state index contributed by atoms with van der Waals surface area (Å²) < 4.78 is 33.2. The van der Waals surface area contributed by atoms with E-state index in [2.05, 4.69) is 5.32 Å². The molecule has 0 fully saturated rings. The molecule has 0 spiro atoms. The summed E-state index contributed by atoms with van der Waals surface area (Å²) in [6, 6.07) is 11.1. The highest BCUT2D eigenvalue weighted by Gasteiger charge is 2.22. The Morgan fingerprint density at radius 2 is 1.74 bits per heavy atom. The molecule has 142 valence electrons. The summed E-state index contributed by atoms with van der Waals surface area (Å²) in [5.41, 5.74) is 1.23. The minimum Gasteiger partial charge on any atom is -0.495 e. The lowest BCUT2D eigenvalue weighted by Gasteiger charge is -2.10. The van der Waals surface area contributed by atoms with Crippen molar-refractivity contribution in [3.05, 3.63) is 52.9 Å². The molecular formula is C18H19N3O5S. The van der Waals surface area contributed by atoms with Gasteiger partial charge in [0, 0.05) is 14.1 Å². The number of rotatable bonds is 5. The van der Waals surface area contributed by atoms with Gasteiger partial charge in [-0.05, 0) is 30.3 Å². The number of hydrogen-bond acceptors (Lipinski definition) is 5. The fourth-order valence-corrected chi connectivity index (χ4v) is 4.02.